The van der Waals surface area contributed by atoms with Gasteiger partial charge < -0.3 is 15.0 Å². The van der Waals surface area contributed by atoms with E-state index in [0.717, 1.165) is 31.3 Å². The lowest BCUT2D eigenvalue weighted by Crippen LogP contribution is -2.17. The standard InChI is InChI=1S/C13H12FN5O.C13H13NO/c1-18(14)13(20)7-3-4-10-8(5-7)11-9(12(15)17-10)6-16-19(11)2;1-14-6-4-12(9-14)11-3-2-10-5-7-15-13(10)8-11/h3-6H,1-2H3,(H2,15,17);2-4,6,8-9H,5,7H2,1H3. The van der Waals surface area contributed by atoms with Gasteiger partial charge in [0.1, 0.15) is 11.6 Å². The van der Waals surface area contributed by atoms with Crippen LogP contribution in [0.3, 0.4) is 0 Å². The third-order valence-electron chi connectivity index (χ3n) is 6.10. The highest BCUT2D eigenvalue weighted by Crippen LogP contribution is 2.31. The minimum Gasteiger partial charge on any atom is -0.493 e. The number of aromatic nitrogens is 4. The number of amides is 1. The second-order valence-electron chi connectivity index (χ2n) is 8.53. The van der Waals surface area contributed by atoms with Crippen molar-refractivity contribution in [2.24, 2.45) is 14.1 Å². The molecule has 2 aromatic carbocycles. The van der Waals surface area contributed by atoms with E-state index in [1.165, 1.54) is 22.8 Å². The maximum atomic E-state index is 13.0. The molecule has 5 aromatic rings. The van der Waals surface area contributed by atoms with E-state index in [2.05, 4.69) is 51.3 Å². The highest BCUT2D eigenvalue weighted by molar-refractivity contribution is 6.10. The van der Waals surface area contributed by atoms with E-state index < -0.39 is 5.91 Å². The van der Waals surface area contributed by atoms with Gasteiger partial charge in [0, 0.05) is 50.9 Å². The van der Waals surface area contributed by atoms with Crippen LogP contribution in [0, 0.1) is 0 Å². The molecule has 0 aliphatic carbocycles. The molecule has 1 amide bonds. The van der Waals surface area contributed by atoms with E-state index in [4.69, 9.17) is 10.5 Å². The van der Waals surface area contributed by atoms with Gasteiger partial charge in [0.15, 0.2) is 0 Å². The molecule has 0 spiro atoms. The van der Waals surface area contributed by atoms with Crippen LogP contribution >= 0.6 is 0 Å². The SMILES string of the molecule is CN(F)C(=O)c1ccc2nc(N)c3cnn(C)c3c2c1.Cn1ccc(-c2ccc3c(c2)OCC3)c1. The zero-order chi connectivity index (χ0) is 24.7. The van der Waals surface area contributed by atoms with Gasteiger partial charge in [0.25, 0.3) is 5.91 Å². The second kappa shape index (κ2) is 8.75. The summed E-state index contributed by atoms with van der Waals surface area (Å²) in [6, 6.07) is 13.4. The number of hydrogen-bond acceptors (Lipinski definition) is 5. The summed E-state index contributed by atoms with van der Waals surface area (Å²) in [5.41, 5.74) is 11.3. The van der Waals surface area contributed by atoms with E-state index in [1.54, 1.807) is 30.1 Å². The predicted octanol–water partition coefficient (Wildman–Crippen LogP) is 4.29. The number of anilines is 1. The molecule has 9 heteroatoms. The molecule has 0 atom stereocenters. The molecular formula is C26H25FN6O2. The average Bonchev–Trinajstić information content (AvgIpc) is 3.58. The van der Waals surface area contributed by atoms with Gasteiger partial charge in [-0.1, -0.05) is 16.6 Å². The van der Waals surface area contributed by atoms with Gasteiger partial charge in [-0.25, -0.2) is 4.98 Å². The Morgan fingerprint density at radius 3 is 2.69 bits per heavy atom. The predicted molar refractivity (Wildman–Crippen MR) is 134 cm³/mol. The first-order valence-corrected chi connectivity index (χ1v) is 11.1. The summed E-state index contributed by atoms with van der Waals surface area (Å²) >= 11 is 0. The summed E-state index contributed by atoms with van der Waals surface area (Å²) in [5.74, 6) is 0.720. The third-order valence-corrected chi connectivity index (χ3v) is 6.10. The molecule has 0 saturated heterocycles. The van der Waals surface area contributed by atoms with Crippen LogP contribution in [0.1, 0.15) is 15.9 Å². The molecule has 1 aliphatic heterocycles. The van der Waals surface area contributed by atoms with Crippen molar-refractivity contribution < 1.29 is 14.0 Å². The number of nitrogens with two attached hydrogens (primary N) is 1. The molecule has 1 aliphatic rings. The molecule has 0 radical (unpaired) electrons. The zero-order valence-electron chi connectivity index (χ0n) is 19.7. The molecule has 0 saturated carbocycles. The van der Waals surface area contributed by atoms with Crippen molar-refractivity contribution >= 4 is 33.5 Å². The third kappa shape index (κ3) is 4.16. The van der Waals surface area contributed by atoms with E-state index in [-0.39, 0.29) is 10.7 Å². The van der Waals surface area contributed by atoms with Crippen molar-refractivity contribution in [3.63, 3.8) is 0 Å². The first-order chi connectivity index (χ1) is 16.8. The Labute approximate surface area is 201 Å². The Bertz CT molecular complexity index is 1570. The van der Waals surface area contributed by atoms with Crippen molar-refractivity contribution in [3.8, 4) is 16.9 Å². The molecule has 0 unspecified atom stereocenters. The lowest BCUT2D eigenvalue weighted by Gasteiger charge is -2.08. The Morgan fingerprint density at radius 1 is 1.11 bits per heavy atom. The fourth-order valence-electron chi connectivity index (χ4n) is 4.29. The number of rotatable bonds is 2. The Balaban J connectivity index is 0.000000151. The fourth-order valence-corrected chi connectivity index (χ4v) is 4.29. The largest absolute Gasteiger partial charge is 0.493 e. The van der Waals surface area contributed by atoms with Crippen molar-refractivity contribution in [3.05, 3.63) is 72.2 Å². The number of nitrogen functional groups attached to an aromatic ring is 1. The molecule has 6 rings (SSSR count). The van der Waals surface area contributed by atoms with Gasteiger partial charge in [-0.2, -0.15) is 10.2 Å². The van der Waals surface area contributed by atoms with E-state index in [9.17, 15) is 9.28 Å². The molecule has 4 heterocycles. The number of ether oxygens (including phenoxy) is 1. The van der Waals surface area contributed by atoms with Crippen LogP contribution in [-0.4, -0.2) is 44.0 Å². The van der Waals surface area contributed by atoms with Crippen LogP contribution in [-0.2, 0) is 20.5 Å². The number of nitrogens with zero attached hydrogens (tertiary/aromatic N) is 5. The summed E-state index contributed by atoms with van der Waals surface area (Å²) in [6.07, 6.45) is 6.84. The van der Waals surface area contributed by atoms with Crippen LogP contribution in [0.2, 0.25) is 0 Å². The van der Waals surface area contributed by atoms with Crippen LogP contribution in [0.15, 0.2) is 61.1 Å². The number of pyridine rings is 1. The Kier molecular flexibility index (Phi) is 5.60. The maximum Gasteiger partial charge on any atom is 0.281 e. The fraction of sp³-hybridized carbons (Fsp3) is 0.192. The van der Waals surface area contributed by atoms with Gasteiger partial charge in [-0.3, -0.25) is 9.48 Å². The van der Waals surface area contributed by atoms with Crippen LogP contribution < -0.4 is 10.5 Å². The average molecular weight is 473 g/mol. The van der Waals surface area contributed by atoms with E-state index in [1.807, 2.05) is 7.05 Å². The Morgan fingerprint density at radius 2 is 1.94 bits per heavy atom. The van der Waals surface area contributed by atoms with Gasteiger partial charge in [0.05, 0.1) is 29.2 Å². The van der Waals surface area contributed by atoms with Crippen molar-refractivity contribution in [1.29, 1.82) is 0 Å². The number of benzene rings is 2. The molecule has 178 valence electrons. The summed E-state index contributed by atoms with van der Waals surface area (Å²) in [7, 11) is 4.87. The van der Waals surface area contributed by atoms with Crippen molar-refractivity contribution in [2.75, 3.05) is 19.4 Å². The van der Waals surface area contributed by atoms with Crippen LogP contribution in [0.4, 0.5) is 10.3 Å². The topological polar surface area (TPSA) is 91.2 Å². The lowest BCUT2D eigenvalue weighted by molar-refractivity contribution is 0.0343. The van der Waals surface area contributed by atoms with Crippen molar-refractivity contribution in [2.45, 2.75) is 6.42 Å². The zero-order valence-corrected chi connectivity index (χ0v) is 19.7. The smallest absolute Gasteiger partial charge is 0.281 e. The minimum atomic E-state index is -0.709. The van der Waals surface area contributed by atoms with Gasteiger partial charge in [-0.15, -0.1) is 0 Å². The molecule has 35 heavy (non-hydrogen) atoms. The van der Waals surface area contributed by atoms with E-state index >= 15 is 0 Å². The number of fused-ring (bicyclic) bond motifs is 4. The minimum absolute atomic E-state index is 0.0480. The highest BCUT2D eigenvalue weighted by atomic mass is 19.2. The number of halogens is 1. The number of aryl methyl sites for hydroxylation is 2. The summed E-state index contributed by atoms with van der Waals surface area (Å²) in [6.45, 7) is 0.827. The number of carbonyl (C=O) groups is 1. The van der Waals surface area contributed by atoms with Gasteiger partial charge >= 0.3 is 0 Å². The van der Waals surface area contributed by atoms with Gasteiger partial charge in [0.2, 0.25) is 0 Å². The quantitative estimate of drug-likeness (QED) is 0.387. The molecular weight excluding hydrogens is 447 g/mol. The van der Waals surface area contributed by atoms with Gasteiger partial charge in [-0.05, 0) is 47.0 Å². The first-order valence-electron chi connectivity index (χ1n) is 11.1. The van der Waals surface area contributed by atoms with Crippen LogP contribution in [0.25, 0.3) is 32.9 Å². The summed E-state index contributed by atoms with van der Waals surface area (Å²) in [5, 5.41) is 5.61. The number of carbonyl (C=O) groups excluding carboxylic acids is 1. The monoisotopic (exact) mass is 472 g/mol. The Hall–Kier alpha value is -4.40. The molecule has 3 aromatic heterocycles. The summed E-state index contributed by atoms with van der Waals surface area (Å²) < 4.78 is 22.3. The first kappa shape index (κ1) is 22.4. The maximum absolute atomic E-state index is 13.0. The normalized spacial score (nSPS) is 12.2. The molecule has 8 nitrogen and oxygen atoms in total. The lowest BCUT2D eigenvalue weighted by atomic mass is 10.1. The van der Waals surface area contributed by atoms with Crippen LogP contribution in [0.5, 0.6) is 5.75 Å². The molecule has 2 N–H and O–H groups in total. The van der Waals surface area contributed by atoms with Crippen molar-refractivity contribution in [1.82, 2.24) is 24.5 Å². The summed E-state index contributed by atoms with van der Waals surface area (Å²) in [4.78, 5) is 16.0. The number of hydrogen-bond donors (Lipinski definition) is 1. The highest BCUT2D eigenvalue weighted by Gasteiger charge is 2.16. The molecule has 0 bridgehead atoms. The molecule has 0 fully saturated rings. The second-order valence-corrected chi connectivity index (χ2v) is 8.53. The van der Waals surface area contributed by atoms with E-state index in [0.29, 0.717) is 22.1 Å².